The van der Waals surface area contributed by atoms with E-state index in [1.165, 1.54) is 174 Å². The molecule has 0 saturated carbocycles. The highest BCUT2D eigenvalue weighted by Crippen LogP contribution is 2.35. The van der Waals surface area contributed by atoms with Crippen LogP contribution < -0.4 is 0 Å². The number of hydrogen-bond donors (Lipinski definition) is 0. The van der Waals surface area contributed by atoms with Crippen LogP contribution in [0.1, 0.15) is 212 Å². The molecule has 0 bridgehead atoms. The molecule has 0 aromatic carbocycles. The zero-order valence-corrected chi connectivity index (χ0v) is 44.8. The van der Waals surface area contributed by atoms with E-state index in [-0.39, 0.29) is 0 Å². The van der Waals surface area contributed by atoms with Crippen molar-refractivity contribution in [1.82, 2.24) is 0 Å². The third kappa shape index (κ3) is 44.4. The van der Waals surface area contributed by atoms with Crippen LogP contribution >= 0.6 is 94.1 Å². The molecule has 0 rings (SSSR count). The average molecular weight is 904 g/mol. The number of rotatable bonds is 38. The molecule has 0 aliphatic carbocycles. The molecular weight excluding hydrogens is 809 g/mol. The maximum absolute atomic E-state index is 2.40. The lowest BCUT2D eigenvalue weighted by Crippen LogP contribution is -2.13. The fourth-order valence-electron chi connectivity index (χ4n) is 5.55. The van der Waals surface area contributed by atoms with E-state index in [0.717, 1.165) is 9.16 Å². The van der Waals surface area contributed by atoms with Crippen molar-refractivity contribution >= 4 is 94.1 Å². The molecule has 0 heterocycles. The molecule has 0 aliphatic rings. The van der Waals surface area contributed by atoms with Gasteiger partial charge in [0.1, 0.15) is 0 Å². The molecule has 326 valence electrons. The summed E-state index contributed by atoms with van der Waals surface area (Å²) in [5, 5.41) is 0. The normalized spacial score (nSPS) is 14.2. The smallest absolute Gasteiger partial charge is 0.0502 e. The predicted octanol–water partition coefficient (Wildman–Crippen LogP) is 18.5. The molecule has 0 saturated heterocycles. The topological polar surface area (TPSA) is 0 Å². The van der Waals surface area contributed by atoms with Crippen LogP contribution in [0, 0.1) is 0 Å². The molecule has 0 aliphatic heterocycles. The van der Waals surface area contributed by atoms with Crippen LogP contribution in [0.25, 0.3) is 0 Å². The van der Waals surface area contributed by atoms with Crippen molar-refractivity contribution in [2.24, 2.45) is 0 Å². The maximum atomic E-state index is 2.40. The molecule has 54 heavy (non-hydrogen) atoms. The zero-order chi connectivity index (χ0) is 40.6. The van der Waals surface area contributed by atoms with Gasteiger partial charge in [0.25, 0.3) is 0 Å². The van der Waals surface area contributed by atoms with Crippen molar-refractivity contribution < 1.29 is 0 Å². The van der Waals surface area contributed by atoms with Gasteiger partial charge in [-0.2, -0.15) is 47.0 Å². The largest absolute Gasteiger partial charge is 0.156 e. The van der Waals surface area contributed by atoms with Crippen LogP contribution in [-0.4, -0.2) is 74.2 Å². The summed E-state index contributed by atoms with van der Waals surface area (Å²) in [6.07, 6.45) is 28.1. The van der Waals surface area contributed by atoms with Crippen LogP contribution in [0.3, 0.4) is 0 Å². The zero-order valence-electron chi connectivity index (χ0n) is 38.2. The molecule has 0 aromatic heterocycles. The first kappa shape index (κ1) is 56.8. The highest BCUT2D eigenvalue weighted by Gasteiger charge is 2.16. The Labute approximate surface area is 376 Å². The quantitative estimate of drug-likeness (QED) is 0.0438. The van der Waals surface area contributed by atoms with Crippen LogP contribution in [0.2, 0.25) is 0 Å². The molecule has 2 atom stereocenters. The van der Waals surface area contributed by atoms with Gasteiger partial charge in [-0.1, -0.05) is 141 Å². The first-order valence-corrected chi connectivity index (χ1v) is 30.6. The van der Waals surface area contributed by atoms with Crippen molar-refractivity contribution in [2.75, 3.05) is 46.0 Å². The summed E-state index contributed by atoms with van der Waals surface area (Å²) in [4.78, 5) is 0. The minimum atomic E-state index is 0.411. The van der Waals surface area contributed by atoms with Crippen LogP contribution in [-0.2, 0) is 0 Å². The van der Waals surface area contributed by atoms with E-state index in [0.29, 0.717) is 19.0 Å². The Morgan fingerprint density at radius 2 is 0.537 bits per heavy atom. The number of thioether (sulfide) groups is 8. The molecule has 0 spiro atoms. The van der Waals surface area contributed by atoms with Crippen molar-refractivity contribution in [3.8, 4) is 0 Å². The van der Waals surface area contributed by atoms with Crippen molar-refractivity contribution in [3.63, 3.8) is 0 Å². The molecule has 2 unspecified atom stereocenters. The van der Waals surface area contributed by atoms with Crippen LogP contribution in [0.15, 0.2) is 0 Å². The molecule has 8 heteroatoms. The third-order valence-electron chi connectivity index (χ3n) is 9.20. The first-order valence-electron chi connectivity index (χ1n) is 22.4. The summed E-state index contributed by atoms with van der Waals surface area (Å²) in [6.45, 7) is 28.3. The van der Waals surface area contributed by atoms with Crippen LogP contribution in [0.5, 0.6) is 0 Å². The van der Waals surface area contributed by atoms with E-state index in [4.69, 9.17) is 0 Å². The minimum Gasteiger partial charge on any atom is -0.156 e. The summed E-state index contributed by atoms with van der Waals surface area (Å²) < 4.78 is 3.32. The van der Waals surface area contributed by atoms with Gasteiger partial charge < -0.3 is 0 Å². The first-order chi connectivity index (χ1) is 25.4. The van der Waals surface area contributed by atoms with E-state index in [1.807, 2.05) is 0 Å². The fraction of sp³-hybridized carbons (Fsp3) is 1.00. The van der Waals surface area contributed by atoms with Gasteiger partial charge >= 0.3 is 0 Å². The van der Waals surface area contributed by atoms with Crippen LogP contribution in [0.4, 0.5) is 0 Å². The maximum Gasteiger partial charge on any atom is 0.0502 e. The lowest BCUT2D eigenvalue weighted by Gasteiger charge is -2.21. The second kappa shape index (κ2) is 35.4. The molecule has 0 amide bonds. The Kier molecular flexibility index (Phi) is 37.2. The lowest BCUT2D eigenvalue weighted by molar-refractivity contribution is 0.647. The molecule has 0 aromatic rings. The monoisotopic (exact) mass is 903 g/mol. The molecule has 0 fully saturated rings. The van der Waals surface area contributed by atoms with Gasteiger partial charge in [0.2, 0.25) is 0 Å². The van der Waals surface area contributed by atoms with Crippen molar-refractivity contribution in [1.29, 1.82) is 0 Å². The van der Waals surface area contributed by atoms with Gasteiger partial charge in [0.15, 0.2) is 0 Å². The highest BCUT2D eigenvalue weighted by molar-refractivity contribution is 8.17. The summed E-state index contributed by atoms with van der Waals surface area (Å²) in [7, 11) is 0. The van der Waals surface area contributed by atoms with E-state index >= 15 is 0 Å². The summed E-state index contributed by atoms with van der Waals surface area (Å²) >= 11 is 17.8. The molecule has 0 radical (unpaired) electrons. The van der Waals surface area contributed by atoms with Crippen molar-refractivity contribution in [3.05, 3.63) is 0 Å². The molecule has 0 N–H and O–H groups in total. The Morgan fingerprint density at radius 3 is 0.815 bits per heavy atom. The summed E-state index contributed by atoms with van der Waals surface area (Å²) in [5.74, 6) is 10.8. The van der Waals surface area contributed by atoms with Gasteiger partial charge in [-0.25, -0.2) is 0 Å². The average Bonchev–Trinajstić information content (AvgIpc) is 3.07. The number of unbranched alkanes of at least 4 members (excludes halogenated alkanes) is 12. The Hall–Kier alpha value is 2.80. The minimum absolute atomic E-state index is 0.411. The number of hydrogen-bond acceptors (Lipinski definition) is 8. The second-order valence-electron chi connectivity index (χ2n) is 18.8. The SMILES string of the molecule is CCC(C)(C)SCCCCCCSC(CCCCCC(SCCCCCCSC(C)(C)C)SCCCCCSC(C)(C)C)SCCCCCSC(C)(C)C. The predicted molar refractivity (Wildman–Crippen MR) is 279 cm³/mol. The molecular formula is C46H94S8. The standard InChI is InChI=1S/C46H94S8/c1-13-46(11,12)54-40-28-17-15-24-34-48-42(50-36-26-20-30-39-53-45(8,9)10)32-22-18-21-31-41(49-35-25-19-29-38-52-44(5,6)7)47-33-23-14-16-27-37-51-43(2,3)4/h41-42H,13-40H2,1-12H3. The van der Waals surface area contributed by atoms with Crippen molar-refractivity contribution in [2.45, 2.75) is 240 Å². The van der Waals surface area contributed by atoms with Gasteiger partial charge in [0, 0.05) is 19.0 Å². The van der Waals surface area contributed by atoms with Gasteiger partial charge in [-0.15, -0.1) is 47.0 Å². The van der Waals surface area contributed by atoms with E-state index in [9.17, 15) is 0 Å². The van der Waals surface area contributed by atoms with E-state index in [2.05, 4.69) is 177 Å². The lowest BCUT2D eigenvalue weighted by atomic mass is 10.1. The third-order valence-corrected chi connectivity index (χ3v) is 21.0. The summed E-state index contributed by atoms with van der Waals surface area (Å²) in [5.41, 5.74) is 0. The van der Waals surface area contributed by atoms with E-state index in [1.54, 1.807) is 0 Å². The van der Waals surface area contributed by atoms with E-state index < -0.39 is 0 Å². The van der Waals surface area contributed by atoms with Gasteiger partial charge in [-0.3, -0.25) is 0 Å². The summed E-state index contributed by atoms with van der Waals surface area (Å²) in [6, 6.07) is 0. The Morgan fingerprint density at radius 1 is 0.296 bits per heavy atom. The molecule has 0 nitrogen and oxygen atoms in total. The van der Waals surface area contributed by atoms with Gasteiger partial charge in [-0.05, 0) is 117 Å². The Balaban J connectivity index is 4.66. The Bertz CT molecular complexity index is 798. The highest BCUT2D eigenvalue weighted by atomic mass is 32.2. The van der Waals surface area contributed by atoms with Gasteiger partial charge in [0.05, 0.1) is 9.16 Å². The second-order valence-corrected chi connectivity index (χ2v) is 32.2. The fourth-order valence-corrected chi connectivity index (χ4v) is 15.3.